The van der Waals surface area contributed by atoms with Gasteiger partial charge in [0.1, 0.15) is 0 Å². The molecule has 1 saturated carbocycles. The van der Waals surface area contributed by atoms with Crippen LogP contribution < -0.4 is 5.73 Å². The first-order valence-corrected chi connectivity index (χ1v) is 6.62. The van der Waals surface area contributed by atoms with Crippen LogP contribution in [0, 0.1) is 5.41 Å². The summed E-state index contributed by atoms with van der Waals surface area (Å²) in [5.41, 5.74) is 5.94. The molecule has 1 rings (SSSR count). The summed E-state index contributed by atoms with van der Waals surface area (Å²) in [5, 5.41) is -0.337. The first-order valence-electron chi connectivity index (χ1n) is 4.67. The highest BCUT2D eigenvalue weighted by atomic mass is 32.2. The Morgan fingerprint density at radius 1 is 1.38 bits per heavy atom. The molecule has 1 aliphatic rings. The molecule has 0 aromatic rings. The van der Waals surface area contributed by atoms with E-state index in [0.29, 0.717) is 6.42 Å². The predicted octanol–water partition coefficient (Wildman–Crippen LogP) is 0.937. The highest BCUT2D eigenvalue weighted by Gasteiger charge is 2.38. The maximum absolute atomic E-state index is 11.4. The Labute approximate surface area is 80.6 Å². The fourth-order valence-electron chi connectivity index (χ4n) is 2.01. The second-order valence-electron chi connectivity index (χ2n) is 4.94. The van der Waals surface area contributed by atoms with E-state index in [1.807, 2.05) is 0 Å². The molecule has 0 aromatic heterocycles. The van der Waals surface area contributed by atoms with Gasteiger partial charge in [0.05, 0.1) is 5.25 Å². The van der Waals surface area contributed by atoms with Crippen LogP contribution in [0.1, 0.15) is 33.1 Å². The molecule has 13 heavy (non-hydrogen) atoms. The summed E-state index contributed by atoms with van der Waals surface area (Å²) in [6.07, 6.45) is 3.84. The van der Waals surface area contributed by atoms with E-state index in [1.54, 1.807) is 0 Å². The molecular formula is C9H19NO2S. The third-order valence-corrected chi connectivity index (χ3v) is 4.55. The third-order valence-electron chi connectivity index (χ3n) is 2.94. The number of nitrogens with two attached hydrogens (primary N) is 1. The minimum Gasteiger partial charge on any atom is -0.327 e. The first kappa shape index (κ1) is 11.0. The Balaban J connectivity index is 2.84. The van der Waals surface area contributed by atoms with Gasteiger partial charge in [-0.25, -0.2) is 8.42 Å². The van der Waals surface area contributed by atoms with Gasteiger partial charge in [0.25, 0.3) is 0 Å². The van der Waals surface area contributed by atoms with Crippen molar-refractivity contribution in [2.75, 3.05) is 6.26 Å². The smallest absolute Gasteiger partial charge is 0.151 e. The zero-order valence-corrected chi connectivity index (χ0v) is 9.39. The lowest BCUT2D eigenvalue weighted by molar-refractivity contribution is 0.227. The van der Waals surface area contributed by atoms with Crippen molar-refractivity contribution in [1.29, 1.82) is 0 Å². The van der Waals surface area contributed by atoms with E-state index in [4.69, 9.17) is 5.73 Å². The molecule has 0 aliphatic heterocycles. The molecule has 0 spiro atoms. The molecule has 0 bridgehead atoms. The molecular weight excluding hydrogens is 186 g/mol. The SMILES string of the molecule is CC1(C)CCC(N)C(S(C)(=O)=O)C1. The fourth-order valence-corrected chi connectivity index (χ4v) is 3.54. The molecule has 78 valence electrons. The van der Waals surface area contributed by atoms with Crippen molar-refractivity contribution in [2.45, 2.75) is 44.4 Å². The normalized spacial score (nSPS) is 34.5. The van der Waals surface area contributed by atoms with Crippen LogP contribution in [-0.4, -0.2) is 26.0 Å². The average molecular weight is 205 g/mol. The Bertz CT molecular complexity index is 282. The van der Waals surface area contributed by atoms with Crippen LogP contribution in [0.2, 0.25) is 0 Å². The quantitative estimate of drug-likeness (QED) is 0.693. The lowest BCUT2D eigenvalue weighted by atomic mass is 9.75. The summed E-state index contributed by atoms with van der Waals surface area (Å²) < 4.78 is 22.8. The first-order chi connectivity index (χ1) is 5.72. The molecule has 1 fully saturated rings. The van der Waals surface area contributed by atoms with Crippen molar-refractivity contribution in [1.82, 2.24) is 0 Å². The van der Waals surface area contributed by atoms with Crippen LogP contribution in [0.25, 0.3) is 0 Å². The van der Waals surface area contributed by atoms with Crippen LogP contribution in [-0.2, 0) is 9.84 Å². The van der Waals surface area contributed by atoms with Crippen molar-refractivity contribution >= 4 is 9.84 Å². The van der Waals surface area contributed by atoms with E-state index >= 15 is 0 Å². The van der Waals surface area contributed by atoms with Crippen molar-refractivity contribution in [3.05, 3.63) is 0 Å². The van der Waals surface area contributed by atoms with Crippen molar-refractivity contribution < 1.29 is 8.42 Å². The van der Waals surface area contributed by atoms with Crippen LogP contribution in [0.15, 0.2) is 0 Å². The van der Waals surface area contributed by atoms with E-state index in [-0.39, 0.29) is 16.7 Å². The summed E-state index contributed by atoms with van der Waals surface area (Å²) in [6.45, 7) is 4.22. The van der Waals surface area contributed by atoms with Gasteiger partial charge in [-0.3, -0.25) is 0 Å². The summed E-state index contributed by atoms with van der Waals surface area (Å²) in [6, 6.07) is -0.164. The van der Waals surface area contributed by atoms with Gasteiger partial charge in [-0.15, -0.1) is 0 Å². The highest BCUT2D eigenvalue weighted by Crippen LogP contribution is 2.37. The topological polar surface area (TPSA) is 60.2 Å². The van der Waals surface area contributed by atoms with Crippen molar-refractivity contribution in [3.63, 3.8) is 0 Å². The van der Waals surface area contributed by atoms with Crippen molar-refractivity contribution in [3.8, 4) is 0 Å². The molecule has 0 radical (unpaired) electrons. The molecule has 0 amide bonds. The Hall–Kier alpha value is -0.0900. The number of rotatable bonds is 1. The summed E-state index contributed by atoms with van der Waals surface area (Å²) in [5.74, 6) is 0. The summed E-state index contributed by atoms with van der Waals surface area (Å²) in [7, 11) is -2.97. The molecule has 4 heteroatoms. The second kappa shape index (κ2) is 3.24. The van der Waals surface area contributed by atoms with Gasteiger partial charge < -0.3 is 5.73 Å². The zero-order valence-electron chi connectivity index (χ0n) is 8.58. The fraction of sp³-hybridized carbons (Fsp3) is 1.00. The molecule has 0 heterocycles. The Morgan fingerprint density at radius 2 is 1.92 bits per heavy atom. The zero-order chi connectivity index (χ0) is 10.3. The van der Waals surface area contributed by atoms with E-state index in [1.165, 1.54) is 6.26 Å². The number of hydrogen-bond acceptors (Lipinski definition) is 3. The standard InChI is InChI=1S/C9H19NO2S/c1-9(2)5-4-7(10)8(6-9)13(3,11)12/h7-8H,4-6,10H2,1-3H3. The minimum atomic E-state index is -2.97. The predicted molar refractivity (Wildman–Crippen MR) is 54.2 cm³/mol. The van der Waals surface area contributed by atoms with E-state index in [9.17, 15) is 8.42 Å². The van der Waals surface area contributed by atoms with Gasteiger partial charge in [0.2, 0.25) is 0 Å². The lowest BCUT2D eigenvalue weighted by Gasteiger charge is -2.38. The van der Waals surface area contributed by atoms with E-state index in [0.717, 1.165) is 12.8 Å². The van der Waals surface area contributed by atoms with Gasteiger partial charge in [0.15, 0.2) is 9.84 Å². The second-order valence-corrected chi connectivity index (χ2v) is 7.20. The van der Waals surface area contributed by atoms with Crippen LogP contribution in [0.4, 0.5) is 0 Å². The van der Waals surface area contributed by atoms with Gasteiger partial charge in [-0.05, 0) is 24.7 Å². The van der Waals surface area contributed by atoms with Gasteiger partial charge in [-0.1, -0.05) is 13.8 Å². The Kier molecular flexibility index (Phi) is 2.74. The molecule has 2 unspecified atom stereocenters. The maximum atomic E-state index is 11.4. The van der Waals surface area contributed by atoms with Crippen molar-refractivity contribution in [2.24, 2.45) is 11.1 Å². The molecule has 0 saturated heterocycles. The average Bonchev–Trinajstić information content (AvgIpc) is 1.92. The lowest BCUT2D eigenvalue weighted by Crippen LogP contribution is -2.46. The van der Waals surface area contributed by atoms with Crippen LogP contribution in [0.3, 0.4) is 0 Å². The monoisotopic (exact) mass is 205 g/mol. The Morgan fingerprint density at radius 3 is 2.31 bits per heavy atom. The minimum absolute atomic E-state index is 0.129. The molecule has 0 aromatic carbocycles. The van der Waals surface area contributed by atoms with Crippen LogP contribution >= 0.6 is 0 Å². The molecule has 1 aliphatic carbocycles. The highest BCUT2D eigenvalue weighted by molar-refractivity contribution is 7.91. The largest absolute Gasteiger partial charge is 0.327 e. The van der Waals surface area contributed by atoms with Gasteiger partial charge in [0, 0.05) is 12.3 Å². The van der Waals surface area contributed by atoms with Gasteiger partial charge >= 0.3 is 0 Å². The number of sulfone groups is 1. The molecule has 2 N–H and O–H groups in total. The van der Waals surface area contributed by atoms with E-state index in [2.05, 4.69) is 13.8 Å². The third kappa shape index (κ3) is 2.68. The van der Waals surface area contributed by atoms with Crippen LogP contribution in [0.5, 0.6) is 0 Å². The number of hydrogen-bond donors (Lipinski definition) is 1. The molecule has 2 atom stereocenters. The summed E-state index contributed by atoms with van der Waals surface area (Å²) >= 11 is 0. The summed E-state index contributed by atoms with van der Waals surface area (Å²) in [4.78, 5) is 0. The van der Waals surface area contributed by atoms with Gasteiger partial charge in [-0.2, -0.15) is 0 Å². The molecule has 3 nitrogen and oxygen atoms in total. The maximum Gasteiger partial charge on any atom is 0.151 e. The van der Waals surface area contributed by atoms with E-state index < -0.39 is 9.84 Å².